The molecule has 6 heteroatoms. The molecule has 0 heterocycles. The van der Waals surface area contributed by atoms with E-state index < -0.39 is 17.7 Å². The summed E-state index contributed by atoms with van der Waals surface area (Å²) in [4.78, 5) is 0. The predicted molar refractivity (Wildman–Crippen MR) is 79.3 cm³/mol. The van der Waals surface area contributed by atoms with Crippen LogP contribution in [0.4, 0.5) is 8.78 Å². The van der Waals surface area contributed by atoms with Gasteiger partial charge in [0.05, 0.1) is 6.04 Å². The third kappa shape index (κ3) is 3.35. The Morgan fingerprint density at radius 1 is 1.25 bits per heavy atom. The lowest BCUT2D eigenvalue weighted by atomic mass is 9.99. The molecule has 3 N–H and O–H groups in total. The zero-order valence-electron chi connectivity index (χ0n) is 10.3. The highest BCUT2D eigenvalue weighted by Crippen LogP contribution is 2.29. The molecule has 0 spiro atoms. The average molecular weight is 362 g/mol. The molecule has 0 aliphatic carbocycles. The van der Waals surface area contributed by atoms with E-state index in [4.69, 9.17) is 17.4 Å². The summed E-state index contributed by atoms with van der Waals surface area (Å²) in [5, 5.41) is 0.499. The molecular formula is C14H12BrClF2N2. The average Bonchev–Trinajstić information content (AvgIpc) is 2.41. The van der Waals surface area contributed by atoms with E-state index in [0.29, 0.717) is 5.02 Å². The molecule has 0 fully saturated rings. The van der Waals surface area contributed by atoms with Crippen molar-refractivity contribution in [1.82, 2.24) is 5.43 Å². The minimum absolute atomic E-state index is 0.196. The SMILES string of the molecule is NNC(Cc1cccc(F)c1F)c1ccc(Br)cc1Cl. The fourth-order valence-corrected chi connectivity index (χ4v) is 2.77. The van der Waals surface area contributed by atoms with Gasteiger partial charge in [0.1, 0.15) is 0 Å². The van der Waals surface area contributed by atoms with Crippen LogP contribution in [-0.2, 0) is 6.42 Å². The van der Waals surface area contributed by atoms with Crippen LogP contribution in [0.3, 0.4) is 0 Å². The first-order valence-electron chi connectivity index (χ1n) is 5.87. The normalized spacial score (nSPS) is 12.4. The van der Waals surface area contributed by atoms with Gasteiger partial charge in [0.2, 0.25) is 0 Å². The lowest BCUT2D eigenvalue weighted by molar-refractivity contribution is 0.481. The van der Waals surface area contributed by atoms with Crippen LogP contribution >= 0.6 is 27.5 Å². The molecule has 1 unspecified atom stereocenters. The first-order valence-corrected chi connectivity index (χ1v) is 7.04. The third-order valence-electron chi connectivity index (χ3n) is 2.99. The molecule has 2 nitrogen and oxygen atoms in total. The van der Waals surface area contributed by atoms with Crippen molar-refractivity contribution in [2.24, 2.45) is 5.84 Å². The second kappa shape index (κ2) is 6.63. The summed E-state index contributed by atoms with van der Waals surface area (Å²) in [5.41, 5.74) is 3.55. The monoisotopic (exact) mass is 360 g/mol. The Bertz CT molecular complexity index is 622. The Labute approximate surface area is 129 Å². The van der Waals surface area contributed by atoms with Crippen molar-refractivity contribution in [2.75, 3.05) is 0 Å². The van der Waals surface area contributed by atoms with E-state index in [1.165, 1.54) is 12.1 Å². The highest BCUT2D eigenvalue weighted by atomic mass is 79.9. The number of halogens is 4. The van der Waals surface area contributed by atoms with E-state index in [-0.39, 0.29) is 12.0 Å². The highest BCUT2D eigenvalue weighted by Gasteiger charge is 2.17. The van der Waals surface area contributed by atoms with Crippen LogP contribution in [0, 0.1) is 11.6 Å². The van der Waals surface area contributed by atoms with Crippen LogP contribution in [-0.4, -0.2) is 0 Å². The first-order chi connectivity index (χ1) is 9.52. The first kappa shape index (κ1) is 15.4. The number of rotatable bonds is 4. The lowest BCUT2D eigenvalue weighted by Gasteiger charge is -2.18. The Morgan fingerprint density at radius 3 is 2.65 bits per heavy atom. The van der Waals surface area contributed by atoms with Gasteiger partial charge < -0.3 is 0 Å². The molecule has 0 saturated carbocycles. The van der Waals surface area contributed by atoms with Crippen LogP contribution < -0.4 is 11.3 Å². The van der Waals surface area contributed by atoms with Crippen molar-refractivity contribution in [2.45, 2.75) is 12.5 Å². The van der Waals surface area contributed by atoms with Gasteiger partial charge in [-0.1, -0.05) is 45.7 Å². The van der Waals surface area contributed by atoms with Crippen molar-refractivity contribution in [1.29, 1.82) is 0 Å². The van der Waals surface area contributed by atoms with Crippen LogP contribution in [0.1, 0.15) is 17.2 Å². The maximum atomic E-state index is 13.7. The molecule has 20 heavy (non-hydrogen) atoms. The van der Waals surface area contributed by atoms with E-state index in [1.54, 1.807) is 12.1 Å². The topological polar surface area (TPSA) is 38.0 Å². The highest BCUT2D eigenvalue weighted by molar-refractivity contribution is 9.10. The molecule has 0 saturated heterocycles. The summed E-state index contributed by atoms with van der Waals surface area (Å²) in [6, 6.07) is 8.98. The maximum absolute atomic E-state index is 13.7. The van der Waals surface area contributed by atoms with Crippen molar-refractivity contribution in [3.8, 4) is 0 Å². The number of hydrogen-bond donors (Lipinski definition) is 2. The van der Waals surface area contributed by atoms with Gasteiger partial charge in [-0.05, 0) is 35.7 Å². The third-order valence-corrected chi connectivity index (χ3v) is 3.82. The van der Waals surface area contributed by atoms with Crippen LogP contribution in [0.2, 0.25) is 5.02 Å². The number of nitrogens with two attached hydrogens (primary N) is 1. The molecule has 0 bridgehead atoms. The van der Waals surface area contributed by atoms with Crippen LogP contribution in [0.15, 0.2) is 40.9 Å². The number of nitrogens with one attached hydrogen (secondary N) is 1. The minimum Gasteiger partial charge on any atom is -0.271 e. The molecule has 0 radical (unpaired) electrons. The number of hydrazine groups is 1. The van der Waals surface area contributed by atoms with E-state index in [9.17, 15) is 8.78 Å². The zero-order chi connectivity index (χ0) is 14.7. The van der Waals surface area contributed by atoms with Crippen LogP contribution in [0.25, 0.3) is 0 Å². The molecule has 0 aromatic heterocycles. The predicted octanol–water partition coefficient (Wildman–Crippen LogP) is 4.13. The Kier molecular flexibility index (Phi) is 5.10. The zero-order valence-corrected chi connectivity index (χ0v) is 12.7. The largest absolute Gasteiger partial charge is 0.271 e. The number of hydrogen-bond acceptors (Lipinski definition) is 2. The van der Waals surface area contributed by atoms with Gasteiger partial charge in [-0.3, -0.25) is 11.3 Å². The fraction of sp³-hybridized carbons (Fsp3) is 0.143. The van der Waals surface area contributed by atoms with Crippen molar-refractivity contribution in [3.05, 3.63) is 68.7 Å². The molecule has 106 valence electrons. The molecule has 0 aliphatic rings. The van der Waals surface area contributed by atoms with E-state index in [0.717, 1.165) is 16.1 Å². The Morgan fingerprint density at radius 2 is 2.00 bits per heavy atom. The van der Waals surface area contributed by atoms with Gasteiger partial charge in [0.15, 0.2) is 11.6 Å². The van der Waals surface area contributed by atoms with Gasteiger partial charge in [0.25, 0.3) is 0 Å². The van der Waals surface area contributed by atoms with E-state index in [2.05, 4.69) is 21.4 Å². The van der Waals surface area contributed by atoms with Crippen molar-refractivity contribution < 1.29 is 8.78 Å². The molecule has 0 aliphatic heterocycles. The summed E-state index contributed by atoms with van der Waals surface area (Å²) < 4.78 is 27.7. The second-order valence-electron chi connectivity index (χ2n) is 4.30. The molecule has 0 amide bonds. The Balaban J connectivity index is 2.31. The maximum Gasteiger partial charge on any atom is 0.162 e. The Hall–Kier alpha value is -1.01. The summed E-state index contributed by atoms with van der Waals surface area (Å²) in [6.07, 6.45) is 0.196. The van der Waals surface area contributed by atoms with Crippen LogP contribution in [0.5, 0.6) is 0 Å². The molecule has 2 aromatic rings. The van der Waals surface area contributed by atoms with E-state index in [1.807, 2.05) is 6.07 Å². The smallest absolute Gasteiger partial charge is 0.162 e. The van der Waals surface area contributed by atoms with Gasteiger partial charge in [-0.25, -0.2) is 8.78 Å². The summed E-state index contributed by atoms with van der Waals surface area (Å²) in [5.74, 6) is 3.78. The van der Waals surface area contributed by atoms with Gasteiger partial charge in [-0.15, -0.1) is 0 Å². The van der Waals surface area contributed by atoms with Gasteiger partial charge >= 0.3 is 0 Å². The molecular weight excluding hydrogens is 350 g/mol. The summed E-state index contributed by atoms with van der Waals surface area (Å²) in [7, 11) is 0. The van der Waals surface area contributed by atoms with E-state index >= 15 is 0 Å². The van der Waals surface area contributed by atoms with Crippen molar-refractivity contribution in [3.63, 3.8) is 0 Å². The van der Waals surface area contributed by atoms with Gasteiger partial charge in [0, 0.05) is 9.50 Å². The molecule has 1 atom stereocenters. The summed E-state index contributed by atoms with van der Waals surface area (Å²) in [6.45, 7) is 0. The fourth-order valence-electron chi connectivity index (χ4n) is 1.97. The number of benzene rings is 2. The molecule has 2 rings (SSSR count). The lowest BCUT2D eigenvalue weighted by Crippen LogP contribution is -2.30. The standard InChI is InChI=1S/C14H12BrClF2N2/c15-9-4-5-10(11(16)7-9)13(20-19)6-8-2-1-3-12(17)14(8)18/h1-5,7,13,20H,6,19H2. The summed E-state index contributed by atoms with van der Waals surface area (Å²) >= 11 is 9.46. The van der Waals surface area contributed by atoms with Gasteiger partial charge in [-0.2, -0.15) is 0 Å². The minimum atomic E-state index is -0.875. The quantitative estimate of drug-likeness (QED) is 0.635. The molecule has 2 aromatic carbocycles. The second-order valence-corrected chi connectivity index (χ2v) is 5.63. The van der Waals surface area contributed by atoms with Crippen molar-refractivity contribution >= 4 is 27.5 Å².